The van der Waals surface area contributed by atoms with Gasteiger partial charge >= 0.3 is 6.03 Å². The van der Waals surface area contributed by atoms with Gasteiger partial charge in [-0.2, -0.15) is 0 Å². The van der Waals surface area contributed by atoms with E-state index < -0.39 is 0 Å². The number of hydrogen-bond donors (Lipinski definition) is 3. The molecule has 3 heterocycles. The van der Waals surface area contributed by atoms with Gasteiger partial charge in [0.1, 0.15) is 5.82 Å². The van der Waals surface area contributed by atoms with Crippen LogP contribution in [-0.4, -0.2) is 53.1 Å². The predicted molar refractivity (Wildman–Crippen MR) is 65.9 cm³/mol. The average molecular weight is 249 g/mol. The van der Waals surface area contributed by atoms with Gasteiger partial charge < -0.3 is 20.5 Å². The maximum atomic E-state index is 11.5. The molecule has 0 aromatic carbocycles. The van der Waals surface area contributed by atoms with Crippen molar-refractivity contribution in [1.82, 2.24) is 20.2 Å². The van der Waals surface area contributed by atoms with E-state index in [0.717, 1.165) is 18.9 Å². The highest BCUT2D eigenvalue weighted by atomic mass is 16.2. The molecule has 0 bridgehead atoms. The van der Waals surface area contributed by atoms with Gasteiger partial charge in [-0.05, 0) is 0 Å². The van der Waals surface area contributed by atoms with Gasteiger partial charge in [0.25, 0.3) is 0 Å². The second-order valence-electron chi connectivity index (χ2n) is 4.39. The summed E-state index contributed by atoms with van der Waals surface area (Å²) in [6.45, 7) is 2.92. The van der Waals surface area contributed by atoms with Gasteiger partial charge in [-0.25, -0.2) is 15.6 Å². The summed E-state index contributed by atoms with van der Waals surface area (Å²) >= 11 is 0. The fraction of sp³-hybridized carbons (Fsp3) is 0.500. The summed E-state index contributed by atoms with van der Waals surface area (Å²) < 4.78 is 0. The first kappa shape index (κ1) is 11.0. The number of rotatable bonds is 2. The first-order valence-electron chi connectivity index (χ1n) is 5.86. The van der Waals surface area contributed by atoms with E-state index >= 15 is 0 Å². The third-order valence-electron chi connectivity index (χ3n) is 3.33. The molecule has 2 saturated heterocycles. The maximum Gasteiger partial charge on any atom is 0.317 e. The number of aromatic nitrogens is 2. The van der Waals surface area contributed by atoms with Crippen LogP contribution in [0.25, 0.3) is 0 Å². The van der Waals surface area contributed by atoms with Crippen LogP contribution < -0.4 is 21.5 Å². The van der Waals surface area contributed by atoms with E-state index in [-0.39, 0.29) is 12.1 Å². The number of piperazine rings is 1. The number of nitrogen functional groups attached to an aromatic ring is 1. The van der Waals surface area contributed by atoms with Crippen molar-refractivity contribution in [1.29, 1.82) is 0 Å². The van der Waals surface area contributed by atoms with Gasteiger partial charge in [-0.15, -0.1) is 0 Å². The van der Waals surface area contributed by atoms with Crippen LogP contribution >= 0.6 is 0 Å². The Hall–Kier alpha value is -2.09. The Morgan fingerprint density at radius 1 is 1.44 bits per heavy atom. The van der Waals surface area contributed by atoms with Crippen molar-refractivity contribution < 1.29 is 4.79 Å². The first-order valence-corrected chi connectivity index (χ1v) is 5.86. The van der Waals surface area contributed by atoms with Crippen molar-refractivity contribution in [2.75, 3.05) is 36.5 Å². The van der Waals surface area contributed by atoms with Crippen molar-refractivity contribution >= 4 is 17.7 Å². The summed E-state index contributed by atoms with van der Waals surface area (Å²) in [4.78, 5) is 23.9. The molecule has 0 saturated carbocycles. The van der Waals surface area contributed by atoms with Crippen molar-refractivity contribution in [2.45, 2.75) is 6.04 Å². The van der Waals surface area contributed by atoms with Crippen LogP contribution in [-0.2, 0) is 0 Å². The Morgan fingerprint density at radius 3 is 3.17 bits per heavy atom. The topological polar surface area (TPSA) is 99.4 Å². The van der Waals surface area contributed by atoms with E-state index in [0.29, 0.717) is 18.9 Å². The molecule has 2 aliphatic rings. The lowest BCUT2D eigenvalue weighted by atomic mass is 10.2. The number of amides is 2. The summed E-state index contributed by atoms with van der Waals surface area (Å²) in [6, 6.07) is 0.241. The van der Waals surface area contributed by atoms with Crippen molar-refractivity contribution in [3.63, 3.8) is 0 Å². The number of nitrogens with one attached hydrogen (secondary N) is 2. The largest absolute Gasteiger partial charge is 0.351 e. The molecule has 4 N–H and O–H groups in total. The molecule has 0 spiro atoms. The van der Waals surface area contributed by atoms with Crippen LogP contribution in [0.4, 0.5) is 16.4 Å². The Kier molecular flexibility index (Phi) is 2.63. The fourth-order valence-corrected chi connectivity index (χ4v) is 2.39. The van der Waals surface area contributed by atoms with Crippen LogP contribution in [0.3, 0.4) is 0 Å². The number of anilines is 2. The minimum absolute atomic E-state index is 0.0307. The van der Waals surface area contributed by atoms with Crippen molar-refractivity contribution in [2.24, 2.45) is 5.84 Å². The zero-order chi connectivity index (χ0) is 12.5. The van der Waals surface area contributed by atoms with Crippen LogP contribution in [0.1, 0.15) is 0 Å². The number of fused-ring (bicyclic) bond motifs is 1. The summed E-state index contributed by atoms with van der Waals surface area (Å²) in [5, 5.41) is 2.85. The Labute approximate surface area is 104 Å². The minimum atomic E-state index is 0.0307. The summed E-state index contributed by atoms with van der Waals surface area (Å²) in [7, 11) is 0. The van der Waals surface area contributed by atoms with Crippen LogP contribution in [0.15, 0.2) is 12.4 Å². The monoisotopic (exact) mass is 249 g/mol. The molecule has 2 aliphatic heterocycles. The molecule has 1 aromatic heterocycles. The van der Waals surface area contributed by atoms with Crippen LogP contribution in [0, 0.1) is 0 Å². The third kappa shape index (κ3) is 1.80. The second kappa shape index (κ2) is 4.30. The molecule has 1 unspecified atom stereocenters. The number of nitrogens with two attached hydrogens (primary N) is 1. The number of hydrogen-bond acceptors (Lipinski definition) is 6. The molecule has 1 atom stereocenters. The van der Waals surface area contributed by atoms with E-state index in [1.54, 1.807) is 12.4 Å². The molecule has 8 heteroatoms. The smallest absolute Gasteiger partial charge is 0.317 e. The summed E-state index contributed by atoms with van der Waals surface area (Å²) in [6.07, 6.45) is 3.28. The van der Waals surface area contributed by atoms with Gasteiger partial charge in [-0.3, -0.25) is 4.98 Å². The SMILES string of the molecule is NNc1cncc(N2CCN3C(=O)NCC3C2)n1. The van der Waals surface area contributed by atoms with Gasteiger partial charge in [0, 0.05) is 26.2 Å². The van der Waals surface area contributed by atoms with E-state index in [1.165, 1.54) is 0 Å². The van der Waals surface area contributed by atoms with Gasteiger partial charge in [0.2, 0.25) is 0 Å². The standard InChI is InChI=1S/C10H15N7O/c11-15-8-4-12-5-9(14-8)16-1-2-17-7(6-16)3-13-10(17)18/h4-5,7H,1-3,6,11H2,(H,13,18)(H,14,15). The lowest BCUT2D eigenvalue weighted by Gasteiger charge is -2.36. The van der Waals surface area contributed by atoms with Crippen LogP contribution in [0.2, 0.25) is 0 Å². The highest BCUT2D eigenvalue weighted by Gasteiger charge is 2.35. The molecule has 1 aromatic rings. The van der Waals surface area contributed by atoms with Crippen molar-refractivity contribution in [3.8, 4) is 0 Å². The number of carbonyl (C=O) groups is 1. The Balaban J connectivity index is 1.76. The lowest BCUT2D eigenvalue weighted by molar-refractivity contribution is 0.197. The third-order valence-corrected chi connectivity index (χ3v) is 3.33. The second-order valence-corrected chi connectivity index (χ2v) is 4.39. The highest BCUT2D eigenvalue weighted by molar-refractivity contribution is 5.77. The lowest BCUT2D eigenvalue weighted by Crippen LogP contribution is -2.52. The summed E-state index contributed by atoms with van der Waals surface area (Å²) in [5.41, 5.74) is 2.48. The zero-order valence-electron chi connectivity index (χ0n) is 9.83. The molecule has 8 nitrogen and oxygen atoms in total. The fourth-order valence-electron chi connectivity index (χ4n) is 2.39. The van der Waals surface area contributed by atoms with Crippen LogP contribution in [0.5, 0.6) is 0 Å². The summed E-state index contributed by atoms with van der Waals surface area (Å²) in [5.74, 6) is 6.64. The molecule has 2 fully saturated rings. The number of urea groups is 1. The van der Waals surface area contributed by atoms with E-state index in [1.807, 2.05) is 4.90 Å². The van der Waals surface area contributed by atoms with E-state index in [4.69, 9.17) is 5.84 Å². The number of nitrogens with zero attached hydrogens (tertiary/aromatic N) is 4. The molecular formula is C10H15N7O. The van der Waals surface area contributed by atoms with E-state index in [2.05, 4.69) is 25.6 Å². The zero-order valence-corrected chi connectivity index (χ0v) is 9.83. The highest BCUT2D eigenvalue weighted by Crippen LogP contribution is 2.19. The Bertz CT molecular complexity index is 465. The van der Waals surface area contributed by atoms with Gasteiger partial charge in [0.05, 0.1) is 18.4 Å². The molecule has 3 rings (SSSR count). The quantitative estimate of drug-likeness (QED) is 0.458. The molecule has 18 heavy (non-hydrogen) atoms. The van der Waals surface area contributed by atoms with E-state index in [9.17, 15) is 4.79 Å². The normalized spacial score (nSPS) is 22.7. The predicted octanol–water partition coefficient (Wildman–Crippen LogP) is -1.02. The van der Waals surface area contributed by atoms with Gasteiger partial charge in [0.15, 0.2) is 5.82 Å². The van der Waals surface area contributed by atoms with Gasteiger partial charge in [-0.1, -0.05) is 0 Å². The molecule has 0 radical (unpaired) electrons. The molecule has 0 aliphatic carbocycles. The number of carbonyl (C=O) groups excluding carboxylic acids is 1. The molecular weight excluding hydrogens is 234 g/mol. The molecule has 2 amide bonds. The number of hydrazine groups is 1. The van der Waals surface area contributed by atoms with Crippen molar-refractivity contribution in [3.05, 3.63) is 12.4 Å². The molecule has 96 valence electrons. The maximum absolute atomic E-state index is 11.5. The minimum Gasteiger partial charge on any atom is -0.351 e. The average Bonchev–Trinajstić information content (AvgIpc) is 2.80. The first-order chi connectivity index (χ1) is 8.78. The Morgan fingerprint density at radius 2 is 2.33 bits per heavy atom.